The Balaban J connectivity index is 1.65. The molecule has 0 spiro atoms. The highest BCUT2D eigenvalue weighted by Gasteiger charge is 2.47. The molecule has 2 nitrogen and oxygen atoms in total. The van der Waals surface area contributed by atoms with Gasteiger partial charge in [0.15, 0.2) is 0 Å². The Bertz CT molecular complexity index is 733. The van der Waals surface area contributed by atoms with Crippen LogP contribution in [-0.2, 0) is 0 Å². The first-order valence-corrected chi connectivity index (χ1v) is 14.0. The fourth-order valence-electron chi connectivity index (χ4n) is 7.13. The van der Waals surface area contributed by atoms with Crippen LogP contribution in [0.15, 0.2) is 23.5 Å². The zero-order valence-corrected chi connectivity index (χ0v) is 19.9. The van der Waals surface area contributed by atoms with Gasteiger partial charge in [0, 0.05) is 0 Å². The van der Waals surface area contributed by atoms with Crippen LogP contribution >= 0.6 is 7.92 Å². The highest BCUT2D eigenvalue weighted by atomic mass is 31.1. The summed E-state index contributed by atoms with van der Waals surface area (Å²) in [7, 11) is 3.62. The molecule has 0 amide bonds. The SMILES string of the molecule is COc1cccc(OC)c1C1=C(P(C2CCCCC2)C2CCCCC2)C2CCC1C2. The lowest BCUT2D eigenvalue weighted by molar-refractivity contribution is 0.391. The van der Waals surface area contributed by atoms with E-state index >= 15 is 0 Å². The molecule has 1 aromatic rings. The van der Waals surface area contributed by atoms with Crippen LogP contribution in [0.2, 0.25) is 0 Å². The molecule has 3 heteroatoms. The predicted octanol–water partition coefficient (Wildman–Crippen LogP) is 7.99. The third-order valence-corrected chi connectivity index (χ3v) is 12.2. The first-order valence-electron chi connectivity index (χ1n) is 12.6. The van der Waals surface area contributed by atoms with Crippen LogP contribution in [0.5, 0.6) is 11.5 Å². The fraction of sp³-hybridized carbons (Fsp3) is 0.704. The minimum Gasteiger partial charge on any atom is -0.496 e. The monoisotopic (exact) mass is 426 g/mol. The van der Waals surface area contributed by atoms with Gasteiger partial charge in [-0.1, -0.05) is 52.5 Å². The van der Waals surface area contributed by atoms with Crippen molar-refractivity contribution in [1.82, 2.24) is 0 Å². The molecule has 164 valence electrons. The average molecular weight is 427 g/mol. The molecule has 3 fully saturated rings. The van der Waals surface area contributed by atoms with Crippen LogP contribution in [0.25, 0.3) is 5.57 Å². The molecule has 3 saturated carbocycles. The van der Waals surface area contributed by atoms with Crippen LogP contribution in [0, 0.1) is 11.8 Å². The van der Waals surface area contributed by atoms with E-state index < -0.39 is 0 Å². The second-order valence-electron chi connectivity index (χ2n) is 10.0. The molecule has 5 rings (SSSR count). The number of ether oxygens (including phenoxy) is 2. The maximum Gasteiger partial charge on any atom is 0.130 e. The van der Waals surface area contributed by atoms with Gasteiger partial charge in [0.25, 0.3) is 0 Å². The lowest BCUT2D eigenvalue weighted by Gasteiger charge is -2.42. The van der Waals surface area contributed by atoms with E-state index in [1.807, 2.05) is 19.5 Å². The van der Waals surface area contributed by atoms with E-state index in [1.54, 1.807) is 5.57 Å². The number of hydrogen-bond donors (Lipinski definition) is 0. The molecular weight excluding hydrogens is 387 g/mol. The van der Waals surface area contributed by atoms with E-state index in [2.05, 4.69) is 18.2 Å². The van der Waals surface area contributed by atoms with Crippen molar-refractivity contribution in [3.8, 4) is 11.5 Å². The number of fused-ring (bicyclic) bond motifs is 2. The number of rotatable bonds is 6. The Kier molecular flexibility index (Phi) is 6.42. The highest BCUT2D eigenvalue weighted by molar-refractivity contribution is 7.63. The summed E-state index contributed by atoms with van der Waals surface area (Å²) in [5.41, 5.74) is 4.94. The molecule has 2 bridgehead atoms. The summed E-state index contributed by atoms with van der Waals surface area (Å²) in [5, 5.41) is 1.93. The molecule has 2 unspecified atom stereocenters. The first-order chi connectivity index (χ1) is 14.8. The van der Waals surface area contributed by atoms with E-state index in [-0.39, 0.29) is 7.92 Å². The van der Waals surface area contributed by atoms with Gasteiger partial charge >= 0.3 is 0 Å². The molecule has 0 heterocycles. The van der Waals surface area contributed by atoms with Crippen molar-refractivity contribution in [2.75, 3.05) is 14.2 Å². The van der Waals surface area contributed by atoms with Crippen molar-refractivity contribution in [2.24, 2.45) is 11.8 Å². The van der Waals surface area contributed by atoms with Crippen LogP contribution in [0.1, 0.15) is 89.0 Å². The topological polar surface area (TPSA) is 18.5 Å². The maximum absolute atomic E-state index is 5.92. The Labute approximate surface area is 184 Å². The lowest BCUT2D eigenvalue weighted by atomic mass is 9.90. The standard InChI is InChI=1S/C27H39O2P/c1-28-23-14-9-15-24(29-2)26(23)25-19-16-17-20(18-19)27(25)30(21-10-5-3-6-11-21)22-12-7-4-8-13-22/h9,14-15,19-22H,3-8,10-13,16-18H2,1-2H3. The van der Waals surface area contributed by atoms with E-state index in [4.69, 9.17) is 9.47 Å². The van der Waals surface area contributed by atoms with Gasteiger partial charge in [-0.3, -0.25) is 0 Å². The van der Waals surface area contributed by atoms with E-state index in [1.165, 1.54) is 89.0 Å². The molecule has 30 heavy (non-hydrogen) atoms. The first kappa shape index (κ1) is 20.9. The zero-order valence-electron chi connectivity index (χ0n) is 19.0. The van der Waals surface area contributed by atoms with Crippen LogP contribution in [-0.4, -0.2) is 25.5 Å². The molecule has 4 aliphatic carbocycles. The summed E-state index contributed by atoms with van der Waals surface area (Å²) in [6, 6.07) is 6.38. The van der Waals surface area contributed by atoms with Gasteiger partial charge in [0.1, 0.15) is 11.5 Å². The Hall–Kier alpha value is -1.01. The van der Waals surface area contributed by atoms with Gasteiger partial charge < -0.3 is 9.47 Å². The molecule has 0 radical (unpaired) electrons. The van der Waals surface area contributed by atoms with Gasteiger partial charge in [0.2, 0.25) is 0 Å². The second kappa shape index (κ2) is 9.23. The molecule has 0 aliphatic heterocycles. The number of methoxy groups -OCH3 is 2. The molecule has 0 N–H and O–H groups in total. The van der Waals surface area contributed by atoms with Crippen molar-refractivity contribution in [2.45, 2.75) is 94.8 Å². The summed E-state index contributed by atoms with van der Waals surface area (Å²) < 4.78 is 11.8. The number of hydrogen-bond acceptors (Lipinski definition) is 2. The second-order valence-corrected chi connectivity index (χ2v) is 12.8. The molecule has 0 aromatic heterocycles. The van der Waals surface area contributed by atoms with Gasteiger partial charge in [-0.15, -0.1) is 0 Å². The predicted molar refractivity (Wildman–Crippen MR) is 128 cm³/mol. The summed E-state index contributed by atoms with van der Waals surface area (Å²) in [6.45, 7) is 0. The van der Waals surface area contributed by atoms with Crippen molar-refractivity contribution < 1.29 is 9.47 Å². The molecule has 1 aromatic carbocycles. The fourth-order valence-corrected chi connectivity index (χ4v) is 11.6. The summed E-state index contributed by atoms with van der Waals surface area (Å²) in [5.74, 6) is 3.62. The van der Waals surface area contributed by atoms with Crippen molar-refractivity contribution >= 4 is 13.5 Å². The van der Waals surface area contributed by atoms with Crippen molar-refractivity contribution in [3.05, 3.63) is 29.1 Å². The Morgan fingerprint density at radius 2 is 1.23 bits per heavy atom. The number of benzene rings is 1. The highest BCUT2D eigenvalue weighted by Crippen LogP contribution is 2.71. The third-order valence-electron chi connectivity index (χ3n) is 8.42. The van der Waals surface area contributed by atoms with Gasteiger partial charge in [-0.2, -0.15) is 0 Å². The van der Waals surface area contributed by atoms with Crippen LogP contribution in [0.3, 0.4) is 0 Å². The smallest absolute Gasteiger partial charge is 0.130 e. The van der Waals surface area contributed by atoms with Crippen LogP contribution < -0.4 is 9.47 Å². The summed E-state index contributed by atoms with van der Waals surface area (Å²) in [4.78, 5) is 0. The third kappa shape index (κ3) is 3.72. The van der Waals surface area contributed by atoms with Gasteiger partial charge in [-0.25, -0.2) is 0 Å². The largest absolute Gasteiger partial charge is 0.496 e. The zero-order chi connectivity index (χ0) is 20.5. The van der Waals surface area contributed by atoms with Crippen molar-refractivity contribution in [3.63, 3.8) is 0 Å². The minimum atomic E-state index is -0.0420. The summed E-state index contributed by atoms with van der Waals surface area (Å²) >= 11 is 0. The minimum absolute atomic E-state index is 0.0420. The normalized spacial score (nSPS) is 27.8. The molecular formula is C27H39O2P. The van der Waals surface area contributed by atoms with E-state index in [0.29, 0.717) is 0 Å². The van der Waals surface area contributed by atoms with E-state index in [9.17, 15) is 0 Å². The molecule has 0 saturated heterocycles. The Morgan fingerprint density at radius 1 is 0.700 bits per heavy atom. The maximum atomic E-state index is 5.92. The van der Waals surface area contributed by atoms with Gasteiger partial charge in [0.05, 0.1) is 19.8 Å². The molecule has 4 aliphatic rings. The Morgan fingerprint density at radius 3 is 1.77 bits per heavy atom. The van der Waals surface area contributed by atoms with E-state index in [0.717, 1.165) is 34.7 Å². The van der Waals surface area contributed by atoms with Gasteiger partial charge in [-0.05, 0) is 91.1 Å². The number of allylic oxidation sites excluding steroid dienone is 2. The average Bonchev–Trinajstić information content (AvgIpc) is 3.42. The molecule has 2 atom stereocenters. The summed E-state index contributed by atoms with van der Waals surface area (Å²) in [6.07, 6.45) is 18.9. The van der Waals surface area contributed by atoms with Crippen molar-refractivity contribution in [1.29, 1.82) is 0 Å². The lowest BCUT2D eigenvalue weighted by Crippen LogP contribution is -2.23. The van der Waals surface area contributed by atoms with Crippen LogP contribution in [0.4, 0.5) is 0 Å². The quantitative estimate of drug-likeness (QED) is 0.429.